The molecule has 0 spiro atoms. The van der Waals surface area contributed by atoms with Crippen molar-refractivity contribution in [3.63, 3.8) is 0 Å². The smallest absolute Gasteiger partial charge is 0.125 e. The van der Waals surface area contributed by atoms with Gasteiger partial charge in [0.15, 0.2) is 0 Å². The molecule has 0 heterocycles. The van der Waals surface area contributed by atoms with Crippen LogP contribution in [0.15, 0.2) is 42.5 Å². The number of rotatable bonds is 7. The first-order valence-electron chi connectivity index (χ1n) is 7.31. The van der Waals surface area contributed by atoms with Gasteiger partial charge in [-0.15, -0.1) is 0 Å². The van der Waals surface area contributed by atoms with Crippen LogP contribution in [0, 0.1) is 13.8 Å². The molecule has 0 amide bonds. The lowest BCUT2D eigenvalue weighted by Crippen LogP contribution is -2.11. The van der Waals surface area contributed by atoms with Crippen LogP contribution < -0.4 is 15.2 Å². The van der Waals surface area contributed by atoms with E-state index in [4.69, 9.17) is 15.2 Å². The molecule has 2 aromatic rings. The number of hydrogen-bond donors (Lipinski definition) is 1. The molecule has 112 valence electrons. The van der Waals surface area contributed by atoms with E-state index < -0.39 is 0 Å². The minimum absolute atomic E-state index is 0.535. The van der Waals surface area contributed by atoms with Crippen molar-refractivity contribution >= 4 is 0 Å². The number of hydrogen-bond acceptors (Lipinski definition) is 3. The lowest BCUT2D eigenvalue weighted by molar-refractivity contribution is 0.215. The van der Waals surface area contributed by atoms with Crippen LogP contribution >= 0.6 is 0 Å². The first-order valence-corrected chi connectivity index (χ1v) is 7.31. The third kappa shape index (κ3) is 4.50. The molecule has 0 aliphatic heterocycles. The van der Waals surface area contributed by atoms with Gasteiger partial charge in [0.2, 0.25) is 0 Å². The molecule has 0 aliphatic carbocycles. The number of benzene rings is 2. The Morgan fingerprint density at radius 2 is 1.52 bits per heavy atom. The lowest BCUT2D eigenvalue weighted by atomic mass is 10.0. The van der Waals surface area contributed by atoms with Crippen LogP contribution in [0.5, 0.6) is 11.5 Å². The van der Waals surface area contributed by atoms with Crippen molar-refractivity contribution in [1.82, 2.24) is 0 Å². The zero-order valence-corrected chi connectivity index (χ0v) is 12.8. The Balaban J connectivity index is 1.88. The molecule has 0 radical (unpaired) electrons. The van der Waals surface area contributed by atoms with E-state index in [1.165, 1.54) is 5.56 Å². The van der Waals surface area contributed by atoms with Gasteiger partial charge in [-0.25, -0.2) is 0 Å². The van der Waals surface area contributed by atoms with Crippen LogP contribution in [0.1, 0.15) is 16.7 Å². The molecule has 0 bridgehead atoms. The Hall–Kier alpha value is -2.00. The van der Waals surface area contributed by atoms with Gasteiger partial charge < -0.3 is 15.2 Å². The van der Waals surface area contributed by atoms with Crippen molar-refractivity contribution < 1.29 is 9.47 Å². The van der Waals surface area contributed by atoms with Crippen LogP contribution in [-0.4, -0.2) is 19.8 Å². The normalized spacial score (nSPS) is 10.4. The number of para-hydroxylation sites is 1. The average Bonchev–Trinajstić information content (AvgIpc) is 2.47. The fourth-order valence-electron chi connectivity index (χ4n) is 2.40. The topological polar surface area (TPSA) is 44.5 Å². The van der Waals surface area contributed by atoms with Crippen LogP contribution in [0.3, 0.4) is 0 Å². The van der Waals surface area contributed by atoms with E-state index in [9.17, 15) is 0 Å². The minimum atomic E-state index is 0.535. The van der Waals surface area contributed by atoms with Gasteiger partial charge in [0.1, 0.15) is 24.7 Å². The first kappa shape index (κ1) is 15.4. The maximum atomic E-state index is 5.87. The second-order valence-corrected chi connectivity index (χ2v) is 5.11. The Kier molecular flexibility index (Phi) is 5.64. The molecule has 0 unspecified atom stereocenters. The zero-order chi connectivity index (χ0) is 15.1. The van der Waals surface area contributed by atoms with Crippen molar-refractivity contribution in [2.75, 3.05) is 19.8 Å². The number of nitrogens with two attached hydrogens (primary N) is 1. The lowest BCUT2D eigenvalue weighted by Gasteiger charge is -2.14. The van der Waals surface area contributed by atoms with Gasteiger partial charge in [-0.3, -0.25) is 0 Å². The van der Waals surface area contributed by atoms with Gasteiger partial charge in [0.05, 0.1) is 0 Å². The third-order valence-corrected chi connectivity index (χ3v) is 3.29. The van der Waals surface area contributed by atoms with E-state index in [0.717, 1.165) is 29.0 Å². The Morgan fingerprint density at radius 3 is 2.14 bits per heavy atom. The summed E-state index contributed by atoms with van der Waals surface area (Å²) in [5.41, 5.74) is 9.17. The van der Waals surface area contributed by atoms with E-state index in [1.807, 2.05) is 30.3 Å². The molecule has 21 heavy (non-hydrogen) atoms. The second kappa shape index (κ2) is 7.70. The van der Waals surface area contributed by atoms with Crippen molar-refractivity contribution in [2.45, 2.75) is 20.3 Å². The van der Waals surface area contributed by atoms with E-state index in [2.05, 4.69) is 26.0 Å². The third-order valence-electron chi connectivity index (χ3n) is 3.29. The van der Waals surface area contributed by atoms with Crippen molar-refractivity contribution in [1.29, 1.82) is 0 Å². The van der Waals surface area contributed by atoms with Gasteiger partial charge in [-0.05, 0) is 55.6 Å². The number of aryl methyl sites for hydroxylation is 2. The zero-order valence-electron chi connectivity index (χ0n) is 12.8. The van der Waals surface area contributed by atoms with Crippen molar-refractivity contribution in [3.8, 4) is 11.5 Å². The Labute approximate surface area is 126 Å². The van der Waals surface area contributed by atoms with Crippen LogP contribution in [0.25, 0.3) is 0 Å². The predicted molar refractivity (Wildman–Crippen MR) is 86.1 cm³/mol. The Bertz CT molecular complexity index is 544. The maximum Gasteiger partial charge on any atom is 0.125 e. The highest BCUT2D eigenvalue weighted by Crippen LogP contribution is 2.25. The van der Waals surface area contributed by atoms with Gasteiger partial charge in [-0.1, -0.05) is 30.3 Å². The first-order chi connectivity index (χ1) is 10.2. The number of ether oxygens (including phenoxy) is 2. The molecule has 3 heteroatoms. The van der Waals surface area contributed by atoms with Gasteiger partial charge >= 0.3 is 0 Å². The highest BCUT2D eigenvalue weighted by molar-refractivity contribution is 5.43. The standard InChI is InChI=1S/C18H23NO2/c1-14-12-16(8-9-19)13-15(2)18(14)21-11-10-20-17-6-4-3-5-7-17/h3-7,12-13H,8-11,19H2,1-2H3. The van der Waals surface area contributed by atoms with E-state index in [0.29, 0.717) is 19.8 Å². The van der Waals surface area contributed by atoms with Crippen LogP contribution in [0.2, 0.25) is 0 Å². The quantitative estimate of drug-likeness (QED) is 0.794. The summed E-state index contributed by atoms with van der Waals surface area (Å²) in [4.78, 5) is 0. The monoisotopic (exact) mass is 285 g/mol. The van der Waals surface area contributed by atoms with E-state index in [-0.39, 0.29) is 0 Å². The van der Waals surface area contributed by atoms with Gasteiger partial charge in [-0.2, -0.15) is 0 Å². The van der Waals surface area contributed by atoms with Crippen molar-refractivity contribution in [3.05, 3.63) is 59.2 Å². The summed E-state index contributed by atoms with van der Waals surface area (Å²) < 4.78 is 11.5. The largest absolute Gasteiger partial charge is 0.490 e. The molecule has 0 saturated heterocycles. The molecule has 2 rings (SSSR count). The average molecular weight is 285 g/mol. The summed E-state index contributed by atoms with van der Waals surface area (Å²) >= 11 is 0. The molecule has 2 aromatic carbocycles. The predicted octanol–water partition coefficient (Wildman–Crippen LogP) is 3.26. The summed E-state index contributed by atoms with van der Waals surface area (Å²) in [6.45, 7) is 5.88. The van der Waals surface area contributed by atoms with Gasteiger partial charge in [0, 0.05) is 0 Å². The molecule has 2 N–H and O–H groups in total. The fourth-order valence-corrected chi connectivity index (χ4v) is 2.40. The molecule has 0 atom stereocenters. The summed E-state index contributed by atoms with van der Waals surface area (Å²) in [5, 5.41) is 0. The molecule has 0 fully saturated rings. The molecule has 3 nitrogen and oxygen atoms in total. The highest BCUT2D eigenvalue weighted by Gasteiger charge is 2.06. The van der Waals surface area contributed by atoms with Crippen molar-refractivity contribution in [2.24, 2.45) is 5.73 Å². The highest BCUT2D eigenvalue weighted by atomic mass is 16.5. The fraction of sp³-hybridized carbons (Fsp3) is 0.333. The van der Waals surface area contributed by atoms with Crippen LogP contribution in [-0.2, 0) is 6.42 Å². The van der Waals surface area contributed by atoms with Crippen LogP contribution in [0.4, 0.5) is 0 Å². The SMILES string of the molecule is Cc1cc(CCN)cc(C)c1OCCOc1ccccc1. The summed E-state index contributed by atoms with van der Waals surface area (Å²) in [6, 6.07) is 14.1. The second-order valence-electron chi connectivity index (χ2n) is 5.11. The van der Waals surface area contributed by atoms with E-state index >= 15 is 0 Å². The molecule has 0 saturated carbocycles. The minimum Gasteiger partial charge on any atom is -0.490 e. The summed E-state index contributed by atoms with van der Waals surface area (Å²) in [7, 11) is 0. The summed E-state index contributed by atoms with van der Waals surface area (Å²) in [6.07, 6.45) is 0.902. The molecule has 0 aliphatic rings. The van der Waals surface area contributed by atoms with E-state index in [1.54, 1.807) is 0 Å². The molecular weight excluding hydrogens is 262 g/mol. The maximum absolute atomic E-state index is 5.87. The molecular formula is C18H23NO2. The Morgan fingerprint density at radius 1 is 0.905 bits per heavy atom. The summed E-state index contributed by atoms with van der Waals surface area (Å²) in [5.74, 6) is 1.82. The van der Waals surface area contributed by atoms with Gasteiger partial charge in [0.25, 0.3) is 0 Å². The molecule has 0 aromatic heterocycles.